The minimum atomic E-state index is 0.333. The molecule has 0 aliphatic carbocycles. The third kappa shape index (κ3) is 2.87. The van der Waals surface area contributed by atoms with Crippen LogP contribution in [0.5, 0.6) is 0 Å². The third-order valence-electron chi connectivity index (χ3n) is 1.00. The second-order valence-corrected chi connectivity index (χ2v) is 6.95. The van der Waals surface area contributed by atoms with Gasteiger partial charge in [-0.2, -0.15) is 0 Å². The Morgan fingerprint density at radius 2 is 0.889 bits per heavy atom. The second-order valence-electron chi connectivity index (χ2n) is 1.32. The van der Waals surface area contributed by atoms with Gasteiger partial charge in [-0.05, 0) is 25.0 Å². The maximum atomic E-state index is 2.16. The lowest BCUT2D eigenvalue weighted by molar-refractivity contribution is 1.86. The van der Waals surface area contributed by atoms with Crippen molar-refractivity contribution in [2.24, 2.45) is 0 Å². The van der Waals surface area contributed by atoms with E-state index in [1.807, 2.05) is 47.0 Å². The summed E-state index contributed by atoms with van der Waals surface area (Å²) in [5, 5.41) is 0. The normalized spacial score (nSPS) is 12.0. The number of hydrogen-bond acceptors (Lipinski definition) is 4. The highest BCUT2D eigenvalue weighted by Gasteiger charge is 2.24. The van der Waals surface area contributed by atoms with Crippen LogP contribution in [-0.2, 0) is 0 Å². The molecule has 0 rings (SSSR count). The first-order chi connectivity index (χ1) is 4.24. The van der Waals surface area contributed by atoms with Crippen LogP contribution in [0.3, 0.4) is 0 Å². The smallest absolute Gasteiger partial charge is 0.126 e. The predicted molar refractivity (Wildman–Crippen MR) is 56.8 cm³/mol. The van der Waals surface area contributed by atoms with Gasteiger partial charge in [-0.15, -0.1) is 47.0 Å². The van der Waals surface area contributed by atoms with Crippen LogP contribution in [0.25, 0.3) is 0 Å². The minimum absolute atomic E-state index is 0.333. The van der Waals surface area contributed by atoms with E-state index in [0.29, 0.717) is 2.74 Å². The number of rotatable bonds is 4. The Hall–Kier alpha value is 1.40. The van der Waals surface area contributed by atoms with Crippen molar-refractivity contribution < 1.29 is 0 Å². The molecule has 0 bridgehead atoms. The fourth-order valence-corrected chi connectivity index (χ4v) is 4.50. The molecule has 56 valence electrons. The fraction of sp³-hybridized carbons (Fsp3) is 1.00. The lowest BCUT2D eigenvalue weighted by Gasteiger charge is -2.24. The van der Waals surface area contributed by atoms with Crippen molar-refractivity contribution in [3.05, 3.63) is 0 Å². The van der Waals surface area contributed by atoms with E-state index in [2.05, 4.69) is 25.0 Å². The molecule has 9 heavy (non-hydrogen) atoms. The van der Waals surface area contributed by atoms with Crippen LogP contribution in [0.4, 0.5) is 0 Å². The Kier molecular flexibility index (Phi) is 5.90. The zero-order chi connectivity index (χ0) is 7.33. The van der Waals surface area contributed by atoms with Gasteiger partial charge in [0.25, 0.3) is 0 Å². The van der Waals surface area contributed by atoms with Crippen LogP contribution in [-0.4, -0.2) is 27.8 Å². The third-order valence-corrected chi connectivity index (χ3v) is 9.00. The molecule has 0 saturated carbocycles. The Balaban J connectivity index is 3.82. The molecule has 0 saturated heterocycles. The molecule has 0 nitrogen and oxygen atoms in total. The predicted octanol–water partition coefficient (Wildman–Crippen LogP) is 3.05. The van der Waals surface area contributed by atoms with Crippen molar-refractivity contribution in [2.45, 2.75) is 2.74 Å². The summed E-state index contributed by atoms with van der Waals surface area (Å²) < 4.78 is 0.333. The quantitative estimate of drug-likeness (QED) is 0.639. The van der Waals surface area contributed by atoms with Gasteiger partial charge in [0.05, 0.1) is 0 Å². The highest BCUT2D eigenvalue weighted by atomic mass is 32.3. The summed E-state index contributed by atoms with van der Waals surface area (Å²) in [6, 6.07) is 0. The average molecular weight is 200 g/mol. The Morgan fingerprint density at radius 1 is 0.667 bits per heavy atom. The first kappa shape index (κ1) is 10.4. The Labute approximate surface area is 74.7 Å². The highest BCUT2D eigenvalue weighted by molar-refractivity contribution is 8.47. The van der Waals surface area contributed by atoms with E-state index in [4.69, 9.17) is 0 Å². The van der Waals surface area contributed by atoms with E-state index in [-0.39, 0.29) is 0 Å². The summed E-state index contributed by atoms with van der Waals surface area (Å²) in [6.07, 6.45) is 8.62. The molecule has 0 aliphatic rings. The van der Waals surface area contributed by atoms with E-state index in [1.165, 1.54) is 0 Å². The van der Waals surface area contributed by atoms with Crippen molar-refractivity contribution in [3.8, 4) is 0 Å². The molecule has 4 heteroatoms. The van der Waals surface area contributed by atoms with Crippen LogP contribution < -0.4 is 0 Å². The van der Waals surface area contributed by atoms with Crippen molar-refractivity contribution in [3.63, 3.8) is 0 Å². The van der Waals surface area contributed by atoms with Crippen molar-refractivity contribution in [1.82, 2.24) is 0 Å². The fourth-order valence-electron chi connectivity index (χ4n) is 0.500. The zero-order valence-corrected chi connectivity index (χ0v) is 9.40. The van der Waals surface area contributed by atoms with Gasteiger partial charge in [-0.3, -0.25) is 0 Å². The van der Waals surface area contributed by atoms with E-state index < -0.39 is 0 Å². The van der Waals surface area contributed by atoms with Gasteiger partial charge in [0.1, 0.15) is 0 Å². The zero-order valence-electron chi connectivity index (χ0n) is 6.13. The van der Waals surface area contributed by atoms with Gasteiger partial charge >= 0.3 is 0 Å². The van der Waals surface area contributed by atoms with E-state index >= 15 is 0 Å². The summed E-state index contributed by atoms with van der Waals surface area (Å²) in [7, 11) is 0. The maximum absolute atomic E-state index is 2.16. The topological polar surface area (TPSA) is 0 Å². The molecule has 0 aromatic rings. The van der Waals surface area contributed by atoms with Crippen molar-refractivity contribution in [1.29, 1.82) is 0 Å². The minimum Gasteiger partial charge on any atom is -0.126 e. The van der Waals surface area contributed by atoms with Gasteiger partial charge in [0.15, 0.2) is 2.74 Å². The summed E-state index contributed by atoms with van der Waals surface area (Å²) in [5.41, 5.74) is 0. The van der Waals surface area contributed by atoms with Gasteiger partial charge in [-0.25, -0.2) is 0 Å². The van der Waals surface area contributed by atoms with Gasteiger partial charge < -0.3 is 0 Å². The standard InChI is InChI=1S/C5H12S4/c1-6-5(7-2,8-3)9-4/h1-4H3. The second kappa shape index (κ2) is 5.10. The molecule has 0 heterocycles. The van der Waals surface area contributed by atoms with Crippen LogP contribution in [0.15, 0.2) is 0 Å². The van der Waals surface area contributed by atoms with Gasteiger partial charge in [-0.1, -0.05) is 0 Å². The lowest BCUT2D eigenvalue weighted by Crippen LogP contribution is -2.05. The molecule has 0 fully saturated rings. The maximum Gasteiger partial charge on any atom is 0.152 e. The van der Waals surface area contributed by atoms with E-state index in [1.54, 1.807) is 0 Å². The van der Waals surface area contributed by atoms with Crippen LogP contribution in [0.1, 0.15) is 0 Å². The summed E-state index contributed by atoms with van der Waals surface area (Å²) in [5.74, 6) is 0. The largest absolute Gasteiger partial charge is 0.152 e. The molecule has 0 aromatic carbocycles. The highest BCUT2D eigenvalue weighted by Crippen LogP contribution is 2.50. The molecule has 0 spiro atoms. The molecular formula is C5H12S4. The molecule has 0 atom stereocenters. The van der Waals surface area contributed by atoms with E-state index in [0.717, 1.165) is 0 Å². The van der Waals surface area contributed by atoms with Gasteiger partial charge in [0.2, 0.25) is 0 Å². The lowest BCUT2D eigenvalue weighted by atomic mass is 11.8. The Morgan fingerprint density at radius 3 is 0.889 bits per heavy atom. The molecule has 0 radical (unpaired) electrons. The summed E-state index contributed by atoms with van der Waals surface area (Å²) in [4.78, 5) is 0. The summed E-state index contributed by atoms with van der Waals surface area (Å²) >= 11 is 7.62. The van der Waals surface area contributed by atoms with E-state index in [9.17, 15) is 0 Å². The van der Waals surface area contributed by atoms with Gasteiger partial charge in [0, 0.05) is 0 Å². The molecule has 0 amide bonds. The molecule has 0 N–H and O–H groups in total. The molecular weight excluding hydrogens is 188 g/mol. The van der Waals surface area contributed by atoms with Crippen molar-refractivity contribution in [2.75, 3.05) is 25.0 Å². The van der Waals surface area contributed by atoms with Crippen LogP contribution >= 0.6 is 47.0 Å². The summed E-state index contributed by atoms with van der Waals surface area (Å²) in [6.45, 7) is 0. The van der Waals surface area contributed by atoms with Crippen LogP contribution in [0, 0.1) is 0 Å². The van der Waals surface area contributed by atoms with Crippen molar-refractivity contribution >= 4 is 47.0 Å². The first-order valence-electron chi connectivity index (χ1n) is 2.45. The monoisotopic (exact) mass is 200 g/mol. The molecule has 0 unspecified atom stereocenters. The average Bonchev–Trinajstić information content (AvgIpc) is 1.95. The number of thioether (sulfide) groups is 4. The Bertz CT molecular complexity index is 51.8. The molecule has 0 aliphatic heterocycles. The number of hydrogen-bond donors (Lipinski definition) is 0. The SMILES string of the molecule is CSC(SC)(SC)SC. The van der Waals surface area contributed by atoms with Crippen LogP contribution in [0.2, 0.25) is 0 Å². The first-order valence-corrected chi connectivity index (χ1v) is 7.35. The molecule has 0 aromatic heterocycles.